The molecule has 5 heteroatoms. The van der Waals surface area contributed by atoms with Gasteiger partial charge in [0.05, 0.1) is 18.3 Å². The van der Waals surface area contributed by atoms with E-state index in [1.165, 1.54) is 0 Å². The van der Waals surface area contributed by atoms with E-state index in [4.69, 9.17) is 0 Å². The standard InChI is InChI=1S/C16H19N3O2/c1-12(20)14-7-5-13(6-8-14)10-18-16(21)19-11-15-4-2-3-9-17-15/h2-9,12,20H,10-11H2,1H3,(H2,18,19,21)/t12-/m0/s1. The molecular formula is C16H19N3O2. The van der Waals surface area contributed by atoms with Gasteiger partial charge < -0.3 is 15.7 Å². The maximum Gasteiger partial charge on any atom is 0.315 e. The number of carbonyl (C=O) groups excluding carboxylic acids is 1. The first-order chi connectivity index (χ1) is 10.1. The molecule has 0 unspecified atom stereocenters. The van der Waals surface area contributed by atoms with Crippen LogP contribution in [0.1, 0.15) is 29.8 Å². The van der Waals surface area contributed by atoms with E-state index in [0.29, 0.717) is 13.1 Å². The molecule has 21 heavy (non-hydrogen) atoms. The van der Waals surface area contributed by atoms with E-state index < -0.39 is 6.10 Å². The Morgan fingerprint density at radius 2 is 1.86 bits per heavy atom. The number of aliphatic hydroxyl groups excluding tert-OH is 1. The molecule has 5 nitrogen and oxygen atoms in total. The zero-order chi connectivity index (χ0) is 15.1. The van der Waals surface area contributed by atoms with E-state index in [1.54, 1.807) is 13.1 Å². The summed E-state index contributed by atoms with van der Waals surface area (Å²) in [5.41, 5.74) is 2.65. The van der Waals surface area contributed by atoms with Crippen LogP contribution < -0.4 is 10.6 Å². The Hall–Kier alpha value is -2.40. The highest BCUT2D eigenvalue weighted by Gasteiger charge is 2.03. The van der Waals surface area contributed by atoms with Crippen LogP contribution >= 0.6 is 0 Å². The Kier molecular flexibility index (Phi) is 5.29. The number of benzene rings is 1. The molecule has 1 aromatic heterocycles. The summed E-state index contributed by atoms with van der Waals surface area (Å²) in [4.78, 5) is 15.8. The number of aliphatic hydroxyl groups is 1. The summed E-state index contributed by atoms with van der Waals surface area (Å²) in [5, 5.41) is 14.9. The lowest BCUT2D eigenvalue weighted by Crippen LogP contribution is -2.34. The summed E-state index contributed by atoms with van der Waals surface area (Å²) in [6.07, 6.45) is 1.22. The molecule has 0 fully saturated rings. The number of amides is 2. The molecule has 2 amide bonds. The molecule has 0 aliphatic rings. The van der Waals surface area contributed by atoms with Crippen LogP contribution in [0.25, 0.3) is 0 Å². The van der Waals surface area contributed by atoms with E-state index in [0.717, 1.165) is 16.8 Å². The smallest absolute Gasteiger partial charge is 0.315 e. The number of carbonyl (C=O) groups is 1. The molecule has 1 aromatic carbocycles. The Balaban J connectivity index is 1.76. The fourth-order valence-corrected chi connectivity index (χ4v) is 1.83. The maximum atomic E-state index is 11.7. The fraction of sp³-hybridized carbons (Fsp3) is 0.250. The average molecular weight is 285 g/mol. The highest BCUT2D eigenvalue weighted by atomic mass is 16.3. The van der Waals surface area contributed by atoms with E-state index in [-0.39, 0.29) is 6.03 Å². The van der Waals surface area contributed by atoms with Crippen molar-refractivity contribution in [2.24, 2.45) is 0 Å². The molecule has 2 rings (SSSR count). The van der Waals surface area contributed by atoms with E-state index in [9.17, 15) is 9.90 Å². The molecule has 0 radical (unpaired) electrons. The predicted octanol–water partition coefficient (Wildman–Crippen LogP) is 2.13. The maximum absolute atomic E-state index is 11.7. The average Bonchev–Trinajstić information content (AvgIpc) is 2.52. The Bertz CT molecular complexity index is 568. The van der Waals surface area contributed by atoms with Crippen LogP contribution in [0.3, 0.4) is 0 Å². The van der Waals surface area contributed by atoms with Crippen molar-refractivity contribution in [1.82, 2.24) is 15.6 Å². The fourth-order valence-electron chi connectivity index (χ4n) is 1.83. The van der Waals surface area contributed by atoms with Gasteiger partial charge in [0.15, 0.2) is 0 Å². The van der Waals surface area contributed by atoms with Gasteiger partial charge in [-0.3, -0.25) is 4.98 Å². The first-order valence-corrected chi connectivity index (χ1v) is 6.83. The van der Waals surface area contributed by atoms with Crippen LogP contribution in [-0.4, -0.2) is 16.1 Å². The van der Waals surface area contributed by atoms with Crippen molar-refractivity contribution in [1.29, 1.82) is 0 Å². The number of pyridine rings is 1. The summed E-state index contributed by atoms with van der Waals surface area (Å²) >= 11 is 0. The van der Waals surface area contributed by atoms with Gasteiger partial charge in [-0.1, -0.05) is 30.3 Å². The van der Waals surface area contributed by atoms with Crippen molar-refractivity contribution in [2.75, 3.05) is 0 Å². The zero-order valence-corrected chi connectivity index (χ0v) is 11.9. The third-order valence-corrected chi connectivity index (χ3v) is 3.07. The minimum absolute atomic E-state index is 0.236. The molecule has 1 heterocycles. The number of rotatable bonds is 5. The quantitative estimate of drug-likeness (QED) is 0.788. The first-order valence-electron chi connectivity index (χ1n) is 6.83. The van der Waals surface area contributed by atoms with Gasteiger partial charge in [-0.05, 0) is 30.2 Å². The highest BCUT2D eigenvalue weighted by molar-refractivity contribution is 5.73. The van der Waals surface area contributed by atoms with Crippen LogP contribution in [0.5, 0.6) is 0 Å². The lowest BCUT2D eigenvalue weighted by molar-refractivity contribution is 0.199. The molecule has 0 saturated heterocycles. The monoisotopic (exact) mass is 285 g/mol. The normalized spacial score (nSPS) is 11.7. The van der Waals surface area contributed by atoms with E-state index >= 15 is 0 Å². The highest BCUT2D eigenvalue weighted by Crippen LogP contribution is 2.12. The van der Waals surface area contributed by atoms with Crippen LogP contribution in [0.15, 0.2) is 48.7 Å². The molecule has 2 aromatic rings. The molecule has 0 aliphatic carbocycles. The first kappa shape index (κ1) is 15.0. The molecule has 0 aliphatic heterocycles. The summed E-state index contributed by atoms with van der Waals surface area (Å²) < 4.78 is 0. The third kappa shape index (κ3) is 4.89. The largest absolute Gasteiger partial charge is 0.389 e. The van der Waals surface area contributed by atoms with Crippen molar-refractivity contribution in [3.8, 4) is 0 Å². The third-order valence-electron chi connectivity index (χ3n) is 3.07. The van der Waals surface area contributed by atoms with Gasteiger partial charge in [-0.2, -0.15) is 0 Å². The summed E-state index contributed by atoms with van der Waals surface area (Å²) in [6.45, 7) is 2.56. The lowest BCUT2D eigenvalue weighted by atomic mass is 10.1. The predicted molar refractivity (Wildman–Crippen MR) is 80.4 cm³/mol. The minimum atomic E-state index is -0.478. The van der Waals surface area contributed by atoms with Gasteiger partial charge in [-0.25, -0.2) is 4.79 Å². The van der Waals surface area contributed by atoms with Gasteiger partial charge in [0.2, 0.25) is 0 Å². The molecule has 1 atom stereocenters. The van der Waals surface area contributed by atoms with Crippen molar-refractivity contribution in [3.05, 3.63) is 65.5 Å². The van der Waals surface area contributed by atoms with Crippen molar-refractivity contribution in [2.45, 2.75) is 26.1 Å². The van der Waals surface area contributed by atoms with Crippen LogP contribution in [0, 0.1) is 0 Å². The molecule has 0 spiro atoms. The molecular weight excluding hydrogens is 266 g/mol. The second-order valence-electron chi connectivity index (χ2n) is 4.77. The number of urea groups is 1. The van der Waals surface area contributed by atoms with Gasteiger partial charge in [-0.15, -0.1) is 0 Å². The van der Waals surface area contributed by atoms with E-state index in [2.05, 4.69) is 15.6 Å². The van der Waals surface area contributed by atoms with Gasteiger partial charge in [0, 0.05) is 12.7 Å². The molecule has 110 valence electrons. The van der Waals surface area contributed by atoms with Gasteiger partial charge >= 0.3 is 6.03 Å². The number of nitrogens with one attached hydrogen (secondary N) is 2. The second-order valence-corrected chi connectivity index (χ2v) is 4.77. The lowest BCUT2D eigenvalue weighted by Gasteiger charge is -2.09. The van der Waals surface area contributed by atoms with E-state index in [1.807, 2.05) is 42.5 Å². The Morgan fingerprint density at radius 1 is 1.14 bits per heavy atom. The summed E-state index contributed by atoms with van der Waals surface area (Å²) in [5.74, 6) is 0. The van der Waals surface area contributed by atoms with Gasteiger partial charge in [0.25, 0.3) is 0 Å². The molecule has 3 N–H and O–H groups in total. The summed E-state index contributed by atoms with van der Waals surface area (Å²) in [6, 6.07) is 12.8. The minimum Gasteiger partial charge on any atom is -0.389 e. The zero-order valence-electron chi connectivity index (χ0n) is 11.9. The SMILES string of the molecule is C[C@H](O)c1ccc(CNC(=O)NCc2ccccn2)cc1. The summed E-state index contributed by atoms with van der Waals surface area (Å²) in [7, 11) is 0. The van der Waals surface area contributed by atoms with Crippen LogP contribution in [-0.2, 0) is 13.1 Å². The van der Waals surface area contributed by atoms with Crippen LogP contribution in [0.2, 0.25) is 0 Å². The van der Waals surface area contributed by atoms with Crippen LogP contribution in [0.4, 0.5) is 4.79 Å². The number of hydrogen-bond donors (Lipinski definition) is 3. The molecule has 0 saturated carbocycles. The van der Waals surface area contributed by atoms with Crippen molar-refractivity contribution >= 4 is 6.03 Å². The van der Waals surface area contributed by atoms with Gasteiger partial charge in [0.1, 0.15) is 0 Å². The molecule has 0 bridgehead atoms. The Morgan fingerprint density at radius 3 is 2.48 bits per heavy atom. The topological polar surface area (TPSA) is 74.2 Å². The van der Waals surface area contributed by atoms with Crippen molar-refractivity contribution < 1.29 is 9.90 Å². The Labute approximate surface area is 124 Å². The number of hydrogen-bond acceptors (Lipinski definition) is 3. The second kappa shape index (κ2) is 7.40. The number of nitrogens with zero attached hydrogens (tertiary/aromatic N) is 1. The van der Waals surface area contributed by atoms with Crippen molar-refractivity contribution in [3.63, 3.8) is 0 Å². The number of aromatic nitrogens is 1.